The molecule has 0 heterocycles. The van der Waals surface area contributed by atoms with Gasteiger partial charge in [0.15, 0.2) is 0 Å². The van der Waals surface area contributed by atoms with Crippen molar-refractivity contribution in [2.45, 2.75) is 39.7 Å². The Labute approximate surface area is 79.6 Å². The molecule has 3 heteroatoms. The fourth-order valence-corrected chi connectivity index (χ4v) is 0.801. The molecular formula is C10H18N2O. The molecule has 0 bridgehead atoms. The Bertz CT molecular complexity index is 217. The van der Waals surface area contributed by atoms with Crippen LogP contribution in [0.3, 0.4) is 0 Å². The van der Waals surface area contributed by atoms with Gasteiger partial charge in [0.25, 0.3) is 0 Å². The SMILES string of the molecule is C/C(=C\NC(=O)NC1CC1)C(C)C. The number of allylic oxidation sites excluding steroid dienone is 1. The van der Waals surface area contributed by atoms with Crippen LogP contribution in [0.2, 0.25) is 0 Å². The fraction of sp³-hybridized carbons (Fsp3) is 0.700. The van der Waals surface area contributed by atoms with E-state index in [-0.39, 0.29) is 6.03 Å². The van der Waals surface area contributed by atoms with Crippen molar-refractivity contribution in [1.29, 1.82) is 0 Å². The average molecular weight is 182 g/mol. The van der Waals surface area contributed by atoms with Crippen LogP contribution in [0.4, 0.5) is 4.79 Å². The van der Waals surface area contributed by atoms with Gasteiger partial charge in [-0.25, -0.2) is 4.79 Å². The van der Waals surface area contributed by atoms with Crippen LogP contribution in [0.5, 0.6) is 0 Å². The van der Waals surface area contributed by atoms with E-state index in [0.717, 1.165) is 12.8 Å². The molecule has 0 spiro atoms. The number of nitrogens with one attached hydrogen (secondary N) is 2. The smallest absolute Gasteiger partial charge is 0.318 e. The van der Waals surface area contributed by atoms with Crippen LogP contribution in [0, 0.1) is 5.92 Å². The van der Waals surface area contributed by atoms with E-state index in [2.05, 4.69) is 24.5 Å². The maximum Gasteiger partial charge on any atom is 0.318 e. The first-order chi connectivity index (χ1) is 6.09. The number of carbonyl (C=O) groups excluding carboxylic acids is 1. The van der Waals surface area contributed by atoms with Gasteiger partial charge in [-0.3, -0.25) is 0 Å². The number of hydrogen-bond acceptors (Lipinski definition) is 1. The van der Waals surface area contributed by atoms with Gasteiger partial charge >= 0.3 is 6.03 Å². The maximum absolute atomic E-state index is 11.2. The van der Waals surface area contributed by atoms with E-state index in [1.165, 1.54) is 5.57 Å². The van der Waals surface area contributed by atoms with Gasteiger partial charge in [0.1, 0.15) is 0 Å². The lowest BCUT2D eigenvalue weighted by atomic mass is 10.1. The highest BCUT2D eigenvalue weighted by atomic mass is 16.2. The highest BCUT2D eigenvalue weighted by molar-refractivity contribution is 5.75. The van der Waals surface area contributed by atoms with Crippen molar-refractivity contribution in [2.75, 3.05) is 0 Å². The molecule has 74 valence electrons. The van der Waals surface area contributed by atoms with Crippen molar-refractivity contribution in [3.63, 3.8) is 0 Å². The van der Waals surface area contributed by atoms with Gasteiger partial charge in [-0.15, -0.1) is 0 Å². The second kappa shape index (κ2) is 4.30. The van der Waals surface area contributed by atoms with Gasteiger partial charge in [0.2, 0.25) is 0 Å². The highest BCUT2D eigenvalue weighted by Crippen LogP contribution is 2.18. The van der Waals surface area contributed by atoms with Crippen molar-refractivity contribution < 1.29 is 4.79 Å². The van der Waals surface area contributed by atoms with Crippen LogP contribution in [0.15, 0.2) is 11.8 Å². The van der Waals surface area contributed by atoms with E-state index in [1.54, 1.807) is 6.20 Å². The first-order valence-electron chi connectivity index (χ1n) is 4.83. The summed E-state index contributed by atoms with van der Waals surface area (Å²) in [5, 5.41) is 5.58. The van der Waals surface area contributed by atoms with Crippen molar-refractivity contribution >= 4 is 6.03 Å². The topological polar surface area (TPSA) is 41.1 Å². The lowest BCUT2D eigenvalue weighted by Gasteiger charge is -2.06. The summed E-state index contributed by atoms with van der Waals surface area (Å²) in [5.41, 5.74) is 1.19. The minimum atomic E-state index is -0.0810. The first-order valence-corrected chi connectivity index (χ1v) is 4.83. The van der Waals surface area contributed by atoms with Crippen LogP contribution in [0.25, 0.3) is 0 Å². The van der Waals surface area contributed by atoms with E-state index in [9.17, 15) is 4.79 Å². The zero-order valence-electron chi connectivity index (χ0n) is 8.55. The molecule has 0 atom stereocenters. The molecule has 1 fully saturated rings. The molecule has 1 rings (SSSR count). The molecule has 2 amide bonds. The van der Waals surface area contributed by atoms with E-state index < -0.39 is 0 Å². The van der Waals surface area contributed by atoms with Crippen LogP contribution >= 0.6 is 0 Å². The number of hydrogen-bond donors (Lipinski definition) is 2. The molecule has 2 N–H and O–H groups in total. The van der Waals surface area contributed by atoms with Gasteiger partial charge < -0.3 is 10.6 Å². The van der Waals surface area contributed by atoms with Gasteiger partial charge in [0, 0.05) is 12.2 Å². The average Bonchev–Trinajstić information content (AvgIpc) is 2.83. The van der Waals surface area contributed by atoms with Crippen molar-refractivity contribution in [3.8, 4) is 0 Å². The summed E-state index contributed by atoms with van der Waals surface area (Å²) in [4.78, 5) is 11.2. The molecule has 0 aromatic carbocycles. The summed E-state index contributed by atoms with van der Waals surface area (Å²) >= 11 is 0. The minimum Gasteiger partial charge on any atom is -0.335 e. The van der Waals surface area contributed by atoms with Crippen LogP contribution in [0.1, 0.15) is 33.6 Å². The molecule has 3 nitrogen and oxygen atoms in total. The van der Waals surface area contributed by atoms with Gasteiger partial charge in [-0.05, 0) is 25.7 Å². The Kier molecular flexibility index (Phi) is 3.34. The number of rotatable bonds is 3. The van der Waals surface area contributed by atoms with Crippen molar-refractivity contribution in [2.24, 2.45) is 5.92 Å². The lowest BCUT2D eigenvalue weighted by Crippen LogP contribution is -2.33. The highest BCUT2D eigenvalue weighted by Gasteiger charge is 2.22. The Morgan fingerprint density at radius 1 is 1.46 bits per heavy atom. The second-order valence-electron chi connectivity index (χ2n) is 3.94. The number of urea groups is 1. The third-order valence-corrected chi connectivity index (χ3v) is 2.25. The summed E-state index contributed by atoms with van der Waals surface area (Å²) in [7, 11) is 0. The molecule has 0 unspecified atom stereocenters. The molecule has 0 saturated heterocycles. The van der Waals surface area contributed by atoms with Gasteiger partial charge in [0.05, 0.1) is 0 Å². The Hall–Kier alpha value is -0.990. The predicted octanol–water partition coefficient (Wildman–Crippen LogP) is 2.01. The summed E-state index contributed by atoms with van der Waals surface area (Å²) in [6.07, 6.45) is 4.03. The quantitative estimate of drug-likeness (QED) is 0.688. The third kappa shape index (κ3) is 3.97. The molecule has 0 aromatic rings. The second-order valence-corrected chi connectivity index (χ2v) is 3.94. The van der Waals surface area contributed by atoms with Crippen LogP contribution in [-0.2, 0) is 0 Å². The number of carbonyl (C=O) groups is 1. The zero-order valence-corrected chi connectivity index (χ0v) is 8.55. The van der Waals surface area contributed by atoms with Crippen molar-refractivity contribution in [1.82, 2.24) is 10.6 Å². The lowest BCUT2D eigenvalue weighted by molar-refractivity contribution is 0.243. The Morgan fingerprint density at radius 3 is 2.54 bits per heavy atom. The monoisotopic (exact) mass is 182 g/mol. The van der Waals surface area contributed by atoms with Crippen LogP contribution < -0.4 is 10.6 Å². The molecule has 0 radical (unpaired) electrons. The molecule has 0 aliphatic heterocycles. The third-order valence-electron chi connectivity index (χ3n) is 2.25. The Morgan fingerprint density at radius 2 is 2.08 bits per heavy atom. The molecule has 13 heavy (non-hydrogen) atoms. The fourth-order valence-electron chi connectivity index (χ4n) is 0.801. The minimum absolute atomic E-state index is 0.0810. The summed E-state index contributed by atoms with van der Waals surface area (Å²) in [6, 6.07) is 0.343. The first kappa shape index (κ1) is 10.1. The van der Waals surface area contributed by atoms with Crippen molar-refractivity contribution in [3.05, 3.63) is 11.8 Å². The van der Waals surface area contributed by atoms with E-state index in [0.29, 0.717) is 12.0 Å². The molecule has 0 aromatic heterocycles. The maximum atomic E-state index is 11.2. The zero-order chi connectivity index (χ0) is 9.84. The largest absolute Gasteiger partial charge is 0.335 e. The van der Waals surface area contributed by atoms with Crippen LogP contribution in [-0.4, -0.2) is 12.1 Å². The van der Waals surface area contributed by atoms with E-state index in [1.807, 2.05) is 6.92 Å². The standard InChI is InChI=1S/C10H18N2O/c1-7(2)8(3)6-11-10(13)12-9-4-5-9/h6-7,9H,4-5H2,1-3H3,(H2,11,12,13)/b8-6+. The molecule has 1 aliphatic rings. The van der Waals surface area contributed by atoms with Gasteiger partial charge in [-0.1, -0.05) is 19.4 Å². The van der Waals surface area contributed by atoms with Gasteiger partial charge in [-0.2, -0.15) is 0 Å². The normalized spacial score (nSPS) is 17.4. The summed E-state index contributed by atoms with van der Waals surface area (Å²) in [5.74, 6) is 0.487. The Balaban J connectivity index is 2.22. The predicted molar refractivity (Wildman–Crippen MR) is 53.3 cm³/mol. The number of amides is 2. The molecule has 1 saturated carbocycles. The summed E-state index contributed by atoms with van der Waals surface area (Å²) in [6.45, 7) is 6.22. The molecule has 1 aliphatic carbocycles. The molecular weight excluding hydrogens is 164 g/mol. The van der Waals surface area contributed by atoms with E-state index in [4.69, 9.17) is 0 Å². The summed E-state index contributed by atoms with van der Waals surface area (Å²) < 4.78 is 0. The van der Waals surface area contributed by atoms with E-state index >= 15 is 0 Å².